The summed E-state index contributed by atoms with van der Waals surface area (Å²) >= 11 is 0. The van der Waals surface area contributed by atoms with Gasteiger partial charge < -0.3 is 24.8 Å². The van der Waals surface area contributed by atoms with Gasteiger partial charge in [-0.1, -0.05) is 6.07 Å². The summed E-state index contributed by atoms with van der Waals surface area (Å²) in [6.07, 6.45) is 9.46. The molecule has 1 spiro atoms. The number of aromatic nitrogens is 2. The molecule has 1 aromatic carbocycles. The van der Waals surface area contributed by atoms with Gasteiger partial charge in [-0.2, -0.15) is 5.10 Å². The van der Waals surface area contributed by atoms with Crippen molar-refractivity contribution in [2.45, 2.75) is 56.7 Å². The van der Waals surface area contributed by atoms with Crippen molar-refractivity contribution >= 4 is 12.4 Å². The fraction of sp³-hybridized carbons (Fsp3) is 0.560. The molecule has 0 unspecified atom stereocenters. The molecule has 9 heteroatoms. The predicted octanol–water partition coefficient (Wildman–Crippen LogP) is 2.20. The molecule has 4 heterocycles. The number of amides is 1. The summed E-state index contributed by atoms with van der Waals surface area (Å²) in [7, 11) is 0. The highest BCUT2D eigenvalue weighted by molar-refractivity contribution is 5.78. The highest BCUT2D eigenvalue weighted by Crippen LogP contribution is 2.42. The Morgan fingerprint density at radius 1 is 1.26 bits per heavy atom. The van der Waals surface area contributed by atoms with E-state index >= 15 is 0 Å². The molecule has 1 amide bonds. The van der Waals surface area contributed by atoms with Crippen LogP contribution in [0, 0.1) is 0 Å². The number of piperidine rings is 1. The van der Waals surface area contributed by atoms with E-state index in [0.29, 0.717) is 13.0 Å². The SMILES string of the molecule is O=C1CC[C@H](COc2ccc3c(c2)CCOC32CCN(CCCn3cccn3)CC2)N1.O=CO. The summed E-state index contributed by atoms with van der Waals surface area (Å²) in [5.41, 5.74) is 2.55. The highest BCUT2D eigenvalue weighted by atomic mass is 16.5. The van der Waals surface area contributed by atoms with Gasteiger partial charge in [0.25, 0.3) is 6.47 Å². The molecule has 2 N–H and O–H groups in total. The molecule has 0 saturated carbocycles. The first-order valence-corrected chi connectivity index (χ1v) is 12.1. The number of fused-ring (bicyclic) bond motifs is 2. The standard InChI is InChI=1S/C24H32N4O3.CH2O2/c29-23-6-3-20(26-23)18-30-21-4-5-22-19(17-21)7-16-31-24(22)8-14-27(15-9-24)11-2-13-28-12-1-10-25-28;2-1-3/h1,4-5,10,12,17,20H,2-3,6-9,11,13-16,18H2,(H,26,29);1H,(H,2,3)/t20-;/m1./s1. The van der Waals surface area contributed by atoms with Crippen molar-refractivity contribution < 1.29 is 24.2 Å². The second-order valence-corrected chi connectivity index (χ2v) is 9.10. The molecule has 0 bridgehead atoms. The number of benzene rings is 1. The summed E-state index contributed by atoms with van der Waals surface area (Å²) in [5.74, 6) is 1.03. The molecule has 3 aliphatic rings. The summed E-state index contributed by atoms with van der Waals surface area (Å²) in [6.45, 7) is 5.28. The van der Waals surface area contributed by atoms with Gasteiger partial charge >= 0.3 is 0 Å². The van der Waals surface area contributed by atoms with E-state index in [4.69, 9.17) is 19.4 Å². The summed E-state index contributed by atoms with van der Waals surface area (Å²) in [5, 5.41) is 14.1. The van der Waals surface area contributed by atoms with Crippen molar-refractivity contribution in [2.24, 2.45) is 0 Å². The van der Waals surface area contributed by atoms with Crippen LogP contribution in [0.4, 0.5) is 0 Å². The lowest BCUT2D eigenvalue weighted by molar-refractivity contribution is -0.123. The van der Waals surface area contributed by atoms with Crippen LogP contribution in [0.15, 0.2) is 36.7 Å². The topological polar surface area (TPSA) is 106 Å². The number of nitrogens with zero attached hydrogens (tertiary/aromatic N) is 3. The minimum Gasteiger partial charge on any atom is -0.491 e. The van der Waals surface area contributed by atoms with Gasteiger partial charge in [0, 0.05) is 38.4 Å². The molecule has 0 aliphatic carbocycles. The molecule has 2 aromatic rings. The van der Waals surface area contributed by atoms with Gasteiger partial charge in [0.15, 0.2) is 0 Å². The molecule has 2 fully saturated rings. The van der Waals surface area contributed by atoms with Gasteiger partial charge in [-0.25, -0.2) is 0 Å². The van der Waals surface area contributed by atoms with Crippen LogP contribution in [-0.2, 0) is 32.9 Å². The normalized spacial score (nSPS) is 21.3. The van der Waals surface area contributed by atoms with Gasteiger partial charge in [0.1, 0.15) is 12.4 Å². The minimum atomic E-state index is -0.250. The van der Waals surface area contributed by atoms with Crippen molar-refractivity contribution in [3.8, 4) is 5.75 Å². The summed E-state index contributed by atoms with van der Waals surface area (Å²) in [4.78, 5) is 22.3. The number of carboxylic acid groups (broad SMARTS) is 1. The number of hydrogen-bond donors (Lipinski definition) is 2. The molecule has 5 rings (SSSR count). The van der Waals surface area contributed by atoms with Crippen molar-refractivity contribution in [1.82, 2.24) is 20.0 Å². The quantitative estimate of drug-likeness (QED) is 0.598. The van der Waals surface area contributed by atoms with E-state index < -0.39 is 0 Å². The van der Waals surface area contributed by atoms with E-state index in [2.05, 4.69) is 33.5 Å². The number of carbonyl (C=O) groups excluding carboxylic acids is 1. The van der Waals surface area contributed by atoms with Crippen LogP contribution in [-0.4, -0.2) is 71.1 Å². The third kappa shape index (κ3) is 5.95. The third-order valence-corrected chi connectivity index (χ3v) is 6.94. The van der Waals surface area contributed by atoms with Crippen LogP contribution < -0.4 is 10.1 Å². The monoisotopic (exact) mass is 470 g/mol. The molecule has 184 valence electrons. The van der Waals surface area contributed by atoms with Crippen molar-refractivity contribution in [3.05, 3.63) is 47.8 Å². The fourth-order valence-electron chi connectivity index (χ4n) is 5.18. The second-order valence-electron chi connectivity index (χ2n) is 9.10. The van der Waals surface area contributed by atoms with Crippen LogP contribution in [0.3, 0.4) is 0 Å². The highest BCUT2D eigenvalue weighted by Gasteiger charge is 2.40. The smallest absolute Gasteiger partial charge is 0.290 e. The Morgan fingerprint density at radius 2 is 2.09 bits per heavy atom. The number of carbonyl (C=O) groups is 2. The zero-order valence-electron chi connectivity index (χ0n) is 19.5. The molecule has 1 atom stereocenters. The summed E-state index contributed by atoms with van der Waals surface area (Å²) in [6, 6.07) is 8.58. The minimum absolute atomic E-state index is 0.130. The molecule has 9 nitrogen and oxygen atoms in total. The van der Waals surface area contributed by atoms with Crippen LogP contribution in [0.1, 0.15) is 43.2 Å². The van der Waals surface area contributed by atoms with Crippen LogP contribution in [0.25, 0.3) is 0 Å². The predicted molar refractivity (Wildman–Crippen MR) is 126 cm³/mol. The van der Waals surface area contributed by atoms with Gasteiger partial charge in [-0.15, -0.1) is 0 Å². The van der Waals surface area contributed by atoms with Crippen molar-refractivity contribution in [1.29, 1.82) is 0 Å². The zero-order chi connectivity index (χ0) is 23.8. The third-order valence-electron chi connectivity index (χ3n) is 6.94. The number of ether oxygens (including phenoxy) is 2. The zero-order valence-corrected chi connectivity index (χ0v) is 19.5. The maximum atomic E-state index is 11.4. The summed E-state index contributed by atoms with van der Waals surface area (Å²) < 4.78 is 14.4. The van der Waals surface area contributed by atoms with E-state index in [1.165, 1.54) is 11.1 Å². The maximum absolute atomic E-state index is 11.4. The lowest BCUT2D eigenvalue weighted by Crippen LogP contribution is -2.46. The Kier molecular flexibility index (Phi) is 8.18. The lowest BCUT2D eigenvalue weighted by atomic mass is 9.79. The van der Waals surface area contributed by atoms with Gasteiger partial charge in [-0.05, 0) is 68.0 Å². The van der Waals surface area contributed by atoms with E-state index in [1.54, 1.807) is 0 Å². The average Bonchev–Trinajstić information content (AvgIpc) is 3.51. The Bertz CT molecular complexity index is 941. The molecule has 1 aromatic heterocycles. The van der Waals surface area contributed by atoms with E-state index in [-0.39, 0.29) is 24.0 Å². The molecule has 3 aliphatic heterocycles. The number of nitrogens with one attached hydrogen (secondary N) is 1. The fourth-order valence-corrected chi connectivity index (χ4v) is 5.18. The number of aryl methyl sites for hydroxylation is 1. The van der Waals surface area contributed by atoms with E-state index in [1.807, 2.05) is 23.1 Å². The average molecular weight is 471 g/mol. The van der Waals surface area contributed by atoms with Crippen molar-refractivity contribution in [3.63, 3.8) is 0 Å². The number of hydrogen-bond acceptors (Lipinski definition) is 6. The van der Waals surface area contributed by atoms with Gasteiger partial charge in [-0.3, -0.25) is 14.3 Å². The molecular weight excluding hydrogens is 436 g/mol. The largest absolute Gasteiger partial charge is 0.491 e. The van der Waals surface area contributed by atoms with Crippen LogP contribution in [0.2, 0.25) is 0 Å². The molecule has 0 radical (unpaired) electrons. The molecule has 2 saturated heterocycles. The van der Waals surface area contributed by atoms with Gasteiger partial charge in [0.2, 0.25) is 5.91 Å². The molecular formula is C25H34N4O5. The van der Waals surface area contributed by atoms with E-state index in [9.17, 15) is 4.79 Å². The van der Waals surface area contributed by atoms with Gasteiger partial charge in [0.05, 0.1) is 18.2 Å². The maximum Gasteiger partial charge on any atom is 0.290 e. The molecule has 34 heavy (non-hydrogen) atoms. The first kappa shape index (κ1) is 24.2. The second kappa shape index (κ2) is 11.5. The number of rotatable bonds is 7. The Hall–Kier alpha value is -2.91. The Labute approximate surface area is 200 Å². The van der Waals surface area contributed by atoms with Crippen LogP contribution >= 0.6 is 0 Å². The Balaban J connectivity index is 0.000000868. The first-order chi connectivity index (χ1) is 16.6. The van der Waals surface area contributed by atoms with Crippen molar-refractivity contribution in [2.75, 3.05) is 32.8 Å². The number of likely N-dealkylation sites (tertiary alicyclic amines) is 1. The van der Waals surface area contributed by atoms with E-state index in [0.717, 1.165) is 70.6 Å². The van der Waals surface area contributed by atoms with Crippen LogP contribution in [0.5, 0.6) is 5.75 Å². The Morgan fingerprint density at radius 3 is 2.79 bits per heavy atom. The first-order valence-electron chi connectivity index (χ1n) is 12.1. The lowest BCUT2D eigenvalue weighted by Gasteiger charge is -2.45.